The summed E-state index contributed by atoms with van der Waals surface area (Å²) < 4.78 is 0. The number of carboxylic acids is 4. The van der Waals surface area contributed by atoms with Crippen molar-refractivity contribution in [2.45, 2.75) is 109 Å². The predicted octanol–water partition coefficient (Wildman–Crippen LogP) is -13.8. The summed E-state index contributed by atoms with van der Waals surface area (Å²) in [4.78, 5) is 112. The Hall–Kier alpha value is 2.40. The van der Waals surface area contributed by atoms with Gasteiger partial charge in [-0.2, -0.15) is 19.6 Å². The fraction of sp³-hybridized carbons (Fsp3) is 0.857. The van der Waals surface area contributed by atoms with E-state index in [-0.39, 0.29) is 181 Å². The van der Waals surface area contributed by atoms with Crippen molar-refractivity contribution in [1.82, 2.24) is 0 Å². The van der Waals surface area contributed by atoms with Crippen LogP contribution in [0.5, 0.6) is 0 Å². The second kappa shape index (κ2) is 100. The van der Waals surface area contributed by atoms with E-state index < -0.39 is 35.8 Å². The summed E-state index contributed by atoms with van der Waals surface area (Å²) in [7, 11) is 5.48. The van der Waals surface area contributed by atoms with Crippen molar-refractivity contribution < 1.29 is 287 Å². The maximum absolute atomic E-state index is 9.00. The molecule has 0 bridgehead atoms. The molecule has 0 aromatic carbocycles. The molecule has 0 aliphatic heterocycles. The Bertz CT molecular complexity index is 774. The van der Waals surface area contributed by atoms with Crippen LogP contribution >= 0.6 is 0 Å². The van der Waals surface area contributed by atoms with E-state index in [1.807, 2.05) is 0 Å². The number of carbonyl (C=O) groups is 4. The van der Waals surface area contributed by atoms with Crippen molar-refractivity contribution in [2.75, 3.05) is 52.9 Å². The summed E-state index contributed by atoms with van der Waals surface area (Å²) in [6.07, 6.45) is 0. The van der Waals surface area contributed by atoms with Gasteiger partial charge in [-0.1, -0.05) is 0 Å². The van der Waals surface area contributed by atoms with Crippen LogP contribution in [0.25, 0.3) is 0 Å². The van der Waals surface area contributed by atoms with Gasteiger partial charge in [0.15, 0.2) is 0 Å². The maximum atomic E-state index is 9.00. The molecule has 0 aromatic heterocycles. The van der Waals surface area contributed by atoms with Crippen LogP contribution in [0.15, 0.2) is 0 Å². The van der Waals surface area contributed by atoms with Crippen LogP contribution in [0.2, 0.25) is 0 Å². The van der Waals surface area contributed by atoms with Gasteiger partial charge in [0, 0.05) is 65.0 Å². The van der Waals surface area contributed by atoms with Crippen molar-refractivity contribution in [2.24, 2.45) is 0 Å². The SMILES string of the molecule is CC(=O)O.CC(=O)O.CC(=O)O.CC(=O)O.CCOOOOCC.CCOO[B-]OOC(C)(OOCC)OOCC.CCO[O-].[B-].[B-]OOC(C)(OOCC)OOCC.[B].[B].[H-].[Na+].[Na+].[Na+].[Na+].[Na+]. The van der Waals surface area contributed by atoms with Crippen molar-refractivity contribution >= 4 is 64.9 Å². The quantitative estimate of drug-likeness (QED) is 0.0205. The molecule has 28 nitrogen and oxygen atoms in total. The first-order valence-corrected chi connectivity index (χ1v) is 16.4. The molecule has 0 spiro atoms. The van der Waals surface area contributed by atoms with Gasteiger partial charge < -0.3 is 62.9 Å². The number of carboxylic acid groups (broad SMARTS) is 4. The fourth-order valence-corrected chi connectivity index (χ4v) is 1.19. The van der Waals surface area contributed by atoms with E-state index in [2.05, 4.69) is 86.3 Å². The summed E-state index contributed by atoms with van der Waals surface area (Å²) in [6, 6.07) is 0. The summed E-state index contributed by atoms with van der Waals surface area (Å²) in [5.41, 5.74) is 0. The predicted molar refractivity (Wildman–Crippen MR) is 205 cm³/mol. The first kappa shape index (κ1) is 113. The number of aliphatic carboxylic acids is 4. The second-order valence-electron chi connectivity index (χ2n) is 8.07. The minimum atomic E-state index is -1.68. The van der Waals surface area contributed by atoms with Crippen molar-refractivity contribution in [3.63, 3.8) is 0 Å². The molecule has 0 aliphatic rings. The minimum Gasteiger partial charge on any atom is -1.00 e. The zero-order chi connectivity index (χ0) is 47.1. The Balaban J connectivity index is -0.0000000300. The van der Waals surface area contributed by atoms with Crippen molar-refractivity contribution in [1.29, 1.82) is 0 Å². The van der Waals surface area contributed by atoms with Crippen LogP contribution < -0.4 is 153 Å². The third-order valence-electron chi connectivity index (χ3n) is 2.45. The Kier molecular flexibility index (Phi) is 172. The molecule has 0 aromatic rings. The smallest absolute Gasteiger partial charge is 1.00 e. The first-order valence-electron chi connectivity index (χ1n) is 16.4. The summed E-state index contributed by atoms with van der Waals surface area (Å²) in [6.45, 7) is 23.7. The number of hydrogen-bond donors (Lipinski definition) is 4. The Labute approximate surface area is 507 Å². The van der Waals surface area contributed by atoms with Gasteiger partial charge in [0.1, 0.15) is 0 Å². The van der Waals surface area contributed by atoms with Gasteiger partial charge in [-0.15, -0.1) is 0 Å². The van der Waals surface area contributed by atoms with Crippen LogP contribution in [-0.2, 0) is 112 Å². The van der Waals surface area contributed by atoms with E-state index in [1.165, 1.54) is 13.8 Å². The Morgan fingerprint density at radius 1 is 0.470 bits per heavy atom. The molecule has 0 amide bonds. The Morgan fingerprint density at radius 3 is 0.864 bits per heavy atom. The molecule has 66 heavy (non-hydrogen) atoms. The van der Waals surface area contributed by atoms with E-state index in [0.717, 1.165) is 35.4 Å². The largest absolute Gasteiger partial charge is 1.00 e. The normalized spacial score (nSPS) is 8.61. The monoisotopic (exact) mass is 1020 g/mol. The zero-order valence-electron chi connectivity index (χ0n) is 43.1. The van der Waals surface area contributed by atoms with Gasteiger partial charge >= 0.3 is 160 Å². The van der Waals surface area contributed by atoms with Gasteiger partial charge in [-0.25, -0.2) is 39.1 Å². The molecule has 38 heteroatoms. The molecule has 0 rings (SSSR count). The number of hydrogen-bond acceptors (Lipinski definition) is 24. The second-order valence-corrected chi connectivity index (χ2v) is 8.07. The van der Waals surface area contributed by atoms with Gasteiger partial charge in [-0.3, -0.25) is 24.1 Å². The van der Waals surface area contributed by atoms with E-state index in [4.69, 9.17) is 59.5 Å². The van der Waals surface area contributed by atoms with Crippen LogP contribution in [0.1, 0.15) is 98.4 Å². The molecule has 0 fully saturated rings. The molecule has 0 atom stereocenters. The average Bonchev–Trinajstić information content (AvgIpc) is 3.13. The van der Waals surface area contributed by atoms with Crippen LogP contribution in [-0.4, -0.2) is 150 Å². The third-order valence-corrected chi connectivity index (χ3v) is 2.45. The molecule has 15 radical (unpaired) electrons. The maximum Gasteiger partial charge on any atom is 1.00 e. The van der Waals surface area contributed by atoms with Crippen molar-refractivity contribution in [3.05, 3.63) is 0 Å². The minimum absolute atomic E-state index is 0. The van der Waals surface area contributed by atoms with Gasteiger partial charge in [0.05, 0.1) is 53.9 Å². The standard InChI is InChI=1S/C8H18BO8.C6H13BO6.C4H10O4.C2H6O2.4C2H4O2.3B.5Na.H/c1-5-10-13-8(4,14-11-6-2)15-17-9-16-12-7-3;1-4-8-10-6(3,12-13-7)11-9-5-2;1-3-5-7-8-6-4-2;1-2-4-3;4*1-2(3)4;;;;;;;;;/h5-7H2,1-4H3;4-5H2,1-3H3;3-4H2,1-2H3;3H,2H2,1H3;4*1H3,(H,3,4);;;;;;;;;/q2*-1;;;;;;;;;-1;5*+1;-1/p-1. The molecular weight excluding hydrogens is 953 g/mol. The van der Waals surface area contributed by atoms with E-state index in [9.17, 15) is 0 Å². The average molecular weight is 1020 g/mol. The molecule has 0 saturated heterocycles. The molecular formula is C28H63B5Na5O28. The topological polar surface area (TPSA) is 348 Å². The Morgan fingerprint density at radius 2 is 0.682 bits per heavy atom. The van der Waals surface area contributed by atoms with Gasteiger partial charge in [-0.05, 0) is 65.5 Å². The fourth-order valence-electron chi connectivity index (χ4n) is 1.19. The molecule has 0 aliphatic carbocycles. The van der Waals surface area contributed by atoms with E-state index >= 15 is 0 Å². The first-order chi connectivity index (χ1) is 27.1. The molecule has 0 unspecified atom stereocenters. The van der Waals surface area contributed by atoms with Crippen LogP contribution in [0, 0.1) is 0 Å². The van der Waals surface area contributed by atoms with Crippen LogP contribution in [0.4, 0.5) is 0 Å². The molecule has 0 saturated carbocycles. The van der Waals surface area contributed by atoms with E-state index in [0.29, 0.717) is 46.2 Å². The van der Waals surface area contributed by atoms with E-state index in [1.54, 1.807) is 55.4 Å². The molecule has 363 valence electrons. The number of rotatable bonds is 26. The summed E-state index contributed by atoms with van der Waals surface area (Å²) in [5, 5.41) is 46.5. The van der Waals surface area contributed by atoms with Crippen LogP contribution in [0.3, 0.4) is 0 Å². The summed E-state index contributed by atoms with van der Waals surface area (Å²) in [5.74, 6) is -6.65. The van der Waals surface area contributed by atoms with Gasteiger partial charge in [0.25, 0.3) is 23.9 Å². The van der Waals surface area contributed by atoms with Gasteiger partial charge in [0.2, 0.25) is 0 Å². The third kappa shape index (κ3) is 174. The summed E-state index contributed by atoms with van der Waals surface area (Å²) >= 11 is 0. The van der Waals surface area contributed by atoms with Crippen molar-refractivity contribution in [3.8, 4) is 0 Å². The molecule has 4 N–H and O–H groups in total. The molecule has 0 heterocycles. The zero-order valence-corrected chi connectivity index (χ0v) is 52.1.